The van der Waals surface area contributed by atoms with E-state index < -0.39 is 0 Å². The van der Waals surface area contributed by atoms with Gasteiger partial charge in [-0.3, -0.25) is 4.79 Å². The van der Waals surface area contributed by atoms with E-state index in [4.69, 9.17) is 4.42 Å². The molecule has 180 valence electrons. The average Bonchev–Trinajstić information content (AvgIpc) is 3.22. The minimum atomic E-state index is -0.241. The standard InChI is InChI=1S/C30H36BrNO2/c1-18(2)20-8-10-26(25(31)17-20)32-28(33)27-11-9-22(34-27)15-21-16-24-23(14-19(21)3)29(4,5)12-13-30(24,6)7/h8-11,14,16-18H,12-13,15H2,1-7H3,(H,32,33). The van der Waals surface area contributed by atoms with Gasteiger partial charge in [-0.25, -0.2) is 0 Å². The SMILES string of the molecule is Cc1cc2c(cc1Cc1ccc(C(=O)Nc3ccc(C(C)C)cc3Br)o1)C(C)(C)CCC2(C)C. The second-order valence-electron chi connectivity index (χ2n) is 11.4. The van der Waals surface area contributed by atoms with Gasteiger partial charge in [0, 0.05) is 10.9 Å². The summed E-state index contributed by atoms with van der Waals surface area (Å²) in [5, 5.41) is 2.96. The van der Waals surface area contributed by atoms with Crippen molar-refractivity contribution in [1.82, 2.24) is 0 Å². The summed E-state index contributed by atoms with van der Waals surface area (Å²) in [6.45, 7) is 15.9. The first-order valence-corrected chi connectivity index (χ1v) is 13.0. The molecule has 0 bridgehead atoms. The zero-order chi connectivity index (χ0) is 24.8. The smallest absolute Gasteiger partial charge is 0.291 e. The fourth-order valence-corrected chi connectivity index (χ4v) is 5.41. The molecule has 34 heavy (non-hydrogen) atoms. The predicted octanol–water partition coefficient (Wildman–Crippen LogP) is 8.67. The number of anilines is 1. The number of amides is 1. The summed E-state index contributed by atoms with van der Waals surface area (Å²) in [6, 6.07) is 14.5. The molecule has 0 fully saturated rings. The van der Waals surface area contributed by atoms with Crippen molar-refractivity contribution in [2.24, 2.45) is 0 Å². The lowest BCUT2D eigenvalue weighted by Crippen LogP contribution is -2.34. The average molecular weight is 523 g/mol. The highest BCUT2D eigenvalue weighted by Crippen LogP contribution is 2.46. The number of hydrogen-bond donors (Lipinski definition) is 1. The lowest BCUT2D eigenvalue weighted by atomic mass is 9.62. The van der Waals surface area contributed by atoms with Gasteiger partial charge in [-0.2, -0.15) is 0 Å². The van der Waals surface area contributed by atoms with E-state index in [0.717, 1.165) is 15.9 Å². The van der Waals surface area contributed by atoms with Crippen molar-refractivity contribution in [1.29, 1.82) is 0 Å². The summed E-state index contributed by atoms with van der Waals surface area (Å²) in [5.41, 5.74) is 7.78. The molecule has 0 atom stereocenters. The molecule has 0 saturated heterocycles. The topological polar surface area (TPSA) is 42.2 Å². The number of fused-ring (bicyclic) bond motifs is 1. The lowest BCUT2D eigenvalue weighted by molar-refractivity contribution is 0.0995. The molecule has 1 N–H and O–H groups in total. The fraction of sp³-hybridized carbons (Fsp3) is 0.433. The van der Waals surface area contributed by atoms with Crippen LogP contribution in [0.4, 0.5) is 5.69 Å². The maximum absolute atomic E-state index is 12.8. The monoisotopic (exact) mass is 521 g/mol. The van der Waals surface area contributed by atoms with Crippen LogP contribution in [-0.4, -0.2) is 5.91 Å². The van der Waals surface area contributed by atoms with Gasteiger partial charge in [0.2, 0.25) is 0 Å². The zero-order valence-corrected chi connectivity index (χ0v) is 23.0. The number of rotatable bonds is 5. The first-order chi connectivity index (χ1) is 15.9. The Morgan fingerprint density at radius 1 is 1.00 bits per heavy atom. The minimum absolute atomic E-state index is 0.167. The number of hydrogen-bond acceptors (Lipinski definition) is 2. The van der Waals surface area contributed by atoms with E-state index >= 15 is 0 Å². The normalized spacial score (nSPS) is 16.4. The molecule has 1 heterocycles. The number of furan rings is 1. The molecule has 0 unspecified atom stereocenters. The van der Waals surface area contributed by atoms with Crippen LogP contribution < -0.4 is 5.32 Å². The van der Waals surface area contributed by atoms with Gasteiger partial charge in [0.25, 0.3) is 5.91 Å². The summed E-state index contributed by atoms with van der Waals surface area (Å²) >= 11 is 3.58. The van der Waals surface area contributed by atoms with Crippen LogP contribution in [-0.2, 0) is 17.3 Å². The summed E-state index contributed by atoms with van der Waals surface area (Å²) in [6.07, 6.45) is 3.07. The zero-order valence-electron chi connectivity index (χ0n) is 21.4. The molecular weight excluding hydrogens is 486 g/mol. The van der Waals surface area contributed by atoms with Crippen LogP contribution in [0.15, 0.2) is 51.4 Å². The summed E-state index contributed by atoms with van der Waals surface area (Å²) in [7, 11) is 0. The highest BCUT2D eigenvalue weighted by Gasteiger charge is 2.37. The molecule has 3 aromatic rings. The Morgan fingerprint density at radius 2 is 1.65 bits per heavy atom. The number of aryl methyl sites for hydroxylation is 1. The first-order valence-electron chi connectivity index (χ1n) is 12.2. The quantitative estimate of drug-likeness (QED) is 0.364. The fourth-order valence-electron chi connectivity index (χ4n) is 4.92. The highest BCUT2D eigenvalue weighted by atomic mass is 79.9. The molecule has 0 aliphatic heterocycles. The maximum Gasteiger partial charge on any atom is 0.291 e. The van der Waals surface area contributed by atoms with E-state index in [9.17, 15) is 4.79 Å². The van der Waals surface area contributed by atoms with E-state index in [1.807, 2.05) is 18.2 Å². The van der Waals surface area contributed by atoms with Crippen molar-refractivity contribution in [3.63, 3.8) is 0 Å². The number of carbonyl (C=O) groups excluding carboxylic acids is 1. The summed E-state index contributed by atoms with van der Waals surface area (Å²) < 4.78 is 6.86. The Bertz CT molecular complexity index is 1230. The van der Waals surface area contributed by atoms with Gasteiger partial charge in [0.05, 0.1) is 5.69 Å². The summed E-state index contributed by atoms with van der Waals surface area (Å²) in [4.78, 5) is 12.8. The molecule has 0 spiro atoms. The molecule has 0 saturated carbocycles. The van der Waals surface area contributed by atoms with Gasteiger partial charge < -0.3 is 9.73 Å². The molecule has 1 aromatic heterocycles. The molecule has 4 heteroatoms. The van der Waals surface area contributed by atoms with Gasteiger partial charge in [0.1, 0.15) is 5.76 Å². The third-order valence-electron chi connectivity index (χ3n) is 7.47. The van der Waals surface area contributed by atoms with Crippen LogP contribution in [0.25, 0.3) is 0 Å². The van der Waals surface area contributed by atoms with Crippen molar-refractivity contribution in [3.8, 4) is 0 Å². The minimum Gasteiger partial charge on any atom is -0.456 e. The van der Waals surface area contributed by atoms with Gasteiger partial charge in [-0.1, -0.05) is 59.7 Å². The van der Waals surface area contributed by atoms with Crippen LogP contribution in [0.1, 0.15) is 104 Å². The van der Waals surface area contributed by atoms with Gasteiger partial charge in [-0.15, -0.1) is 0 Å². The van der Waals surface area contributed by atoms with Gasteiger partial charge >= 0.3 is 0 Å². The Balaban J connectivity index is 1.54. The molecule has 1 aliphatic carbocycles. The molecule has 2 aromatic carbocycles. The Kier molecular flexibility index (Phi) is 6.58. The number of nitrogens with one attached hydrogen (secondary N) is 1. The number of carbonyl (C=O) groups is 1. The van der Waals surface area contributed by atoms with Crippen LogP contribution in [0.2, 0.25) is 0 Å². The molecule has 1 amide bonds. The summed E-state index contributed by atoms with van der Waals surface area (Å²) in [5.74, 6) is 1.31. The Morgan fingerprint density at radius 3 is 2.26 bits per heavy atom. The van der Waals surface area contributed by atoms with Crippen molar-refractivity contribution in [3.05, 3.63) is 86.3 Å². The molecule has 4 rings (SSSR count). The van der Waals surface area contributed by atoms with Crippen molar-refractivity contribution in [2.75, 3.05) is 5.32 Å². The van der Waals surface area contributed by atoms with Crippen LogP contribution >= 0.6 is 15.9 Å². The van der Waals surface area contributed by atoms with E-state index in [0.29, 0.717) is 18.1 Å². The maximum atomic E-state index is 12.8. The molecular formula is C30H36BrNO2. The van der Waals surface area contributed by atoms with Gasteiger partial charge in [-0.05, 0) is 105 Å². The third-order valence-corrected chi connectivity index (χ3v) is 8.12. The van der Waals surface area contributed by atoms with Crippen molar-refractivity contribution >= 4 is 27.5 Å². The predicted molar refractivity (Wildman–Crippen MR) is 144 cm³/mol. The largest absolute Gasteiger partial charge is 0.456 e. The van der Waals surface area contributed by atoms with Crippen LogP contribution in [0.3, 0.4) is 0 Å². The second kappa shape index (κ2) is 9.03. The van der Waals surface area contributed by atoms with E-state index in [-0.39, 0.29) is 16.7 Å². The van der Waals surface area contributed by atoms with E-state index in [2.05, 4.69) is 87.9 Å². The first kappa shape index (κ1) is 24.8. The lowest BCUT2D eigenvalue weighted by Gasteiger charge is -2.42. The Hall–Kier alpha value is -2.33. The van der Waals surface area contributed by atoms with Crippen LogP contribution in [0.5, 0.6) is 0 Å². The van der Waals surface area contributed by atoms with E-state index in [1.165, 1.54) is 40.7 Å². The molecule has 3 nitrogen and oxygen atoms in total. The second-order valence-corrected chi connectivity index (χ2v) is 12.2. The van der Waals surface area contributed by atoms with Crippen molar-refractivity contribution in [2.45, 2.75) is 84.5 Å². The molecule has 1 aliphatic rings. The van der Waals surface area contributed by atoms with Gasteiger partial charge in [0.15, 0.2) is 5.76 Å². The van der Waals surface area contributed by atoms with Crippen LogP contribution in [0, 0.1) is 6.92 Å². The molecule has 0 radical (unpaired) electrons. The number of halogens is 1. The third kappa shape index (κ3) is 4.88. The highest BCUT2D eigenvalue weighted by molar-refractivity contribution is 9.10. The Labute approximate surface area is 212 Å². The van der Waals surface area contributed by atoms with E-state index in [1.54, 1.807) is 6.07 Å². The number of benzene rings is 2. The van der Waals surface area contributed by atoms with Crippen molar-refractivity contribution < 1.29 is 9.21 Å².